The molecular weight excluding hydrogens is 316 g/mol. The van der Waals surface area contributed by atoms with Gasteiger partial charge in [-0.1, -0.05) is 36.4 Å². The highest BCUT2D eigenvalue weighted by Crippen LogP contribution is 2.19. The standard InChI is InChI=1S/C12H10O.C8H8N2O2/c1-3-7-11(8-4-1)13-12-9-5-2-6-10-12;9-7(11)5-1-2-6(4-3-5)8(10)12/h1-10H;1-4H,(H2,9,11)(H2,10,12). The molecule has 0 spiro atoms. The summed E-state index contributed by atoms with van der Waals surface area (Å²) in [6, 6.07) is 25.4. The zero-order valence-electron chi connectivity index (χ0n) is 13.5. The van der Waals surface area contributed by atoms with Gasteiger partial charge < -0.3 is 16.2 Å². The van der Waals surface area contributed by atoms with Crippen molar-refractivity contribution in [1.82, 2.24) is 0 Å². The van der Waals surface area contributed by atoms with Gasteiger partial charge in [-0.3, -0.25) is 9.59 Å². The fourth-order valence-electron chi connectivity index (χ4n) is 1.91. The molecule has 3 aromatic carbocycles. The summed E-state index contributed by atoms with van der Waals surface area (Å²) < 4.78 is 5.58. The second kappa shape index (κ2) is 8.88. The Hall–Kier alpha value is -3.60. The maximum Gasteiger partial charge on any atom is 0.248 e. The molecule has 4 N–H and O–H groups in total. The van der Waals surface area contributed by atoms with Crippen LogP contribution in [0.4, 0.5) is 0 Å². The third-order valence-corrected chi connectivity index (χ3v) is 3.18. The highest BCUT2D eigenvalue weighted by Gasteiger charge is 2.02. The summed E-state index contributed by atoms with van der Waals surface area (Å²) in [5.41, 5.74) is 10.7. The van der Waals surface area contributed by atoms with Crippen LogP contribution in [0.3, 0.4) is 0 Å². The number of carbonyl (C=O) groups excluding carboxylic acids is 2. The number of benzene rings is 3. The van der Waals surface area contributed by atoms with E-state index in [4.69, 9.17) is 16.2 Å². The van der Waals surface area contributed by atoms with Crippen LogP contribution in [0.2, 0.25) is 0 Å². The summed E-state index contributed by atoms with van der Waals surface area (Å²) in [4.78, 5) is 21.2. The van der Waals surface area contributed by atoms with Gasteiger partial charge in [0.15, 0.2) is 0 Å². The second-order valence-electron chi connectivity index (χ2n) is 5.03. The largest absolute Gasteiger partial charge is 0.457 e. The first-order valence-corrected chi connectivity index (χ1v) is 7.54. The molecule has 0 aliphatic carbocycles. The molecule has 0 unspecified atom stereocenters. The summed E-state index contributed by atoms with van der Waals surface area (Å²) >= 11 is 0. The Bertz CT molecular complexity index is 746. The first-order chi connectivity index (χ1) is 12.1. The Labute approximate surface area is 145 Å². The van der Waals surface area contributed by atoms with Crippen LogP contribution in [0.15, 0.2) is 84.9 Å². The quantitative estimate of drug-likeness (QED) is 0.765. The predicted molar refractivity (Wildman–Crippen MR) is 96.4 cm³/mol. The first-order valence-electron chi connectivity index (χ1n) is 7.54. The fraction of sp³-hybridized carbons (Fsp3) is 0. The number of hydrogen-bond acceptors (Lipinski definition) is 3. The summed E-state index contributed by atoms with van der Waals surface area (Å²) in [6.07, 6.45) is 0. The molecule has 25 heavy (non-hydrogen) atoms. The summed E-state index contributed by atoms with van der Waals surface area (Å²) in [5.74, 6) is 0.694. The molecule has 3 aromatic rings. The van der Waals surface area contributed by atoms with E-state index in [9.17, 15) is 9.59 Å². The van der Waals surface area contributed by atoms with E-state index < -0.39 is 11.8 Å². The number of ether oxygens (including phenoxy) is 1. The van der Waals surface area contributed by atoms with Gasteiger partial charge in [-0.25, -0.2) is 0 Å². The molecule has 5 heteroatoms. The van der Waals surface area contributed by atoms with Crippen molar-refractivity contribution in [2.75, 3.05) is 0 Å². The van der Waals surface area contributed by atoms with Crippen LogP contribution < -0.4 is 16.2 Å². The average molecular weight is 334 g/mol. The summed E-state index contributed by atoms with van der Waals surface area (Å²) in [7, 11) is 0. The van der Waals surface area contributed by atoms with Crippen molar-refractivity contribution in [2.24, 2.45) is 11.5 Å². The van der Waals surface area contributed by atoms with Gasteiger partial charge in [0.25, 0.3) is 0 Å². The van der Waals surface area contributed by atoms with Crippen LogP contribution in [0, 0.1) is 0 Å². The minimum absolute atomic E-state index is 0.361. The number of nitrogens with two attached hydrogens (primary N) is 2. The maximum atomic E-state index is 10.6. The van der Waals surface area contributed by atoms with Gasteiger partial charge in [0.1, 0.15) is 11.5 Å². The van der Waals surface area contributed by atoms with E-state index in [1.54, 1.807) is 0 Å². The first kappa shape index (κ1) is 17.7. The van der Waals surface area contributed by atoms with Gasteiger partial charge >= 0.3 is 0 Å². The average Bonchev–Trinajstić information content (AvgIpc) is 2.64. The van der Waals surface area contributed by atoms with Crippen molar-refractivity contribution in [3.05, 3.63) is 96.1 Å². The topological polar surface area (TPSA) is 95.4 Å². The molecule has 0 fully saturated rings. The third kappa shape index (κ3) is 5.84. The van der Waals surface area contributed by atoms with Crippen LogP contribution in [-0.4, -0.2) is 11.8 Å². The van der Waals surface area contributed by atoms with Crippen LogP contribution in [0.5, 0.6) is 11.5 Å². The third-order valence-electron chi connectivity index (χ3n) is 3.18. The Balaban J connectivity index is 0.000000181. The van der Waals surface area contributed by atoms with Crippen molar-refractivity contribution < 1.29 is 14.3 Å². The lowest BCUT2D eigenvalue weighted by atomic mass is 10.1. The van der Waals surface area contributed by atoms with E-state index in [0.717, 1.165) is 11.5 Å². The summed E-state index contributed by atoms with van der Waals surface area (Å²) in [6.45, 7) is 0. The second-order valence-corrected chi connectivity index (χ2v) is 5.03. The fourth-order valence-corrected chi connectivity index (χ4v) is 1.91. The van der Waals surface area contributed by atoms with E-state index in [2.05, 4.69) is 0 Å². The lowest BCUT2D eigenvalue weighted by Gasteiger charge is -2.03. The molecular formula is C20H18N2O3. The molecule has 0 bridgehead atoms. The van der Waals surface area contributed by atoms with Crippen LogP contribution in [0.25, 0.3) is 0 Å². The lowest BCUT2D eigenvalue weighted by Crippen LogP contribution is -2.13. The number of amides is 2. The van der Waals surface area contributed by atoms with Gasteiger partial charge in [0, 0.05) is 11.1 Å². The highest BCUT2D eigenvalue weighted by molar-refractivity contribution is 5.96. The van der Waals surface area contributed by atoms with Crippen LogP contribution in [0.1, 0.15) is 20.7 Å². The van der Waals surface area contributed by atoms with Crippen LogP contribution in [-0.2, 0) is 0 Å². The molecule has 5 nitrogen and oxygen atoms in total. The molecule has 0 heterocycles. The van der Waals surface area contributed by atoms with Crippen molar-refractivity contribution in [1.29, 1.82) is 0 Å². The Morgan fingerprint density at radius 2 is 0.880 bits per heavy atom. The molecule has 0 atom stereocenters. The molecule has 0 saturated carbocycles. The van der Waals surface area contributed by atoms with E-state index in [0.29, 0.717) is 11.1 Å². The number of carbonyl (C=O) groups is 2. The molecule has 3 rings (SSSR count). The SMILES string of the molecule is NC(=O)c1ccc(C(N)=O)cc1.c1ccc(Oc2ccccc2)cc1. The molecule has 0 aromatic heterocycles. The van der Waals surface area contributed by atoms with Gasteiger partial charge in [-0.05, 0) is 48.5 Å². The van der Waals surface area contributed by atoms with Gasteiger partial charge in [-0.15, -0.1) is 0 Å². The smallest absolute Gasteiger partial charge is 0.248 e. The van der Waals surface area contributed by atoms with Crippen LogP contribution >= 0.6 is 0 Å². The molecule has 2 amide bonds. The Morgan fingerprint density at radius 1 is 0.560 bits per heavy atom. The highest BCUT2D eigenvalue weighted by atomic mass is 16.5. The zero-order valence-corrected chi connectivity index (χ0v) is 13.5. The predicted octanol–water partition coefficient (Wildman–Crippen LogP) is 3.36. The van der Waals surface area contributed by atoms with Crippen molar-refractivity contribution in [3.8, 4) is 11.5 Å². The van der Waals surface area contributed by atoms with E-state index >= 15 is 0 Å². The number of rotatable bonds is 4. The monoisotopic (exact) mass is 334 g/mol. The normalized spacial score (nSPS) is 9.44. The molecule has 126 valence electrons. The van der Waals surface area contributed by atoms with Gasteiger partial charge in [0.2, 0.25) is 11.8 Å². The lowest BCUT2D eigenvalue weighted by molar-refractivity contribution is 0.0988. The van der Waals surface area contributed by atoms with E-state index in [1.807, 2.05) is 60.7 Å². The van der Waals surface area contributed by atoms with E-state index in [1.165, 1.54) is 24.3 Å². The van der Waals surface area contributed by atoms with Crippen molar-refractivity contribution in [3.63, 3.8) is 0 Å². The van der Waals surface area contributed by atoms with Crippen molar-refractivity contribution in [2.45, 2.75) is 0 Å². The molecule has 0 aliphatic rings. The Kier molecular flexibility index (Phi) is 6.31. The number of hydrogen-bond donors (Lipinski definition) is 2. The van der Waals surface area contributed by atoms with Gasteiger partial charge in [-0.2, -0.15) is 0 Å². The Morgan fingerprint density at radius 3 is 1.16 bits per heavy atom. The van der Waals surface area contributed by atoms with Crippen molar-refractivity contribution >= 4 is 11.8 Å². The maximum absolute atomic E-state index is 10.6. The molecule has 0 aliphatic heterocycles. The summed E-state index contributed by atoms with van der Waals surface area (Å²) in [5, 5.41) is 0. The number of primary amides is 2. The minimum atomic E-state index is -0.522. The minimum Gasteiger partial charge on any atom is -0.457 e. The molecule has 0 radical (unpaired) electrons. The number of para-hydroxylation sites is 2. The van der Waals surface area contributed by atoms with E-state index in [-0.39, 0.29) is 0 Å². The molecule has 0 saturated heterocycles. The zero-order chi connectivity index (χ0) is 18.1. The van der Waals surface area contributed by atoms with Gasteiger partial charge in [0.05, 0.1) is 0 Å².